The number of alkyl halides is 2. The Hall–Kier alpha value is -1.62. The van der Waals surface area contributed by atoms with E-state index in [4.69, 9.17) is 0 Å². The molecule has 21 heavy (non-hydrogen) atoms. The Labute approximate surface area is 131 Å². The van der Waals surface area contributed by atoms with Crippen LogP contribution in [0.25, 0.3) is 0 Å². The van der Waals surface area contributed by atoms with E-state index in [0.29, 0.717) is 5.56 Å². The van der Waals surface area contributed by atoms with Crippen LogP contribution in [-0.4, -0.2) is 6.61 Å². The van der Waals surface area contributed by atoms with Crippen molar-refractivity contribution in [1.29, 1.82) is 0 Å². The molecule has 0 saturated heterocycles. The molecule has 0 heterocycles. The van der Waals surface area contributed by atoms with Crippen LogP contribution in [0.5, 0.6) is 5.75 Å². The highest BCUT2D eigenvalue weighted by atomic mass is 79.9. The number of ether oxygens (including phenoxy) is 1. The summed E-state index contributed by atoms with van der Waals surface area (Å²) in [6.07, 6.45) is 0. The molecule has 0 bridgehead atoms. The molecule has 2 aromatic rings. The molecule has 1 unspecified atom stereocenters. The van der Waals surface area contributed by atoms with Crippen LogP contribution < -0.4 is 10.1 Å². The molecule has 2 aromatic carbocycles. The highest BCUT2D eigenvalue weighted by molar-refractivity contribution is 9.10. The second kappa shape index (κ2) is 6.89. The van der Waals surface area contributed by atoms with Crippen LogP contribution in [-0.2, 0) is 0 Å². The number of aryl methyl sites for hydroxylation is 1. The molecule has 2 nitrogen and oxygen atoms in total. The predicted octanol–water partition coefficient (Wildman–Crippen LogP) is 5.53. The summed E-state index contributed by atoms with van der Waals surface area (Å²) < 4.78 is 30.4. The number of nitrogens with one attached hydrogen (secondary N) is 1. The summed E-state index contributed by atoms with van der Waals surface area (Å²) >= 11 is 3.48. The zero-order chi connectivity index (χ0) is 15.4. The zero-order valence-electron chi connectivity index (χ0n) is 11.7. The lowest BCUT2D eigenvalue weighted by Crippen LogP contribution is -2.11. The van der Waals surface area contributed by atoms with Gasteiger partial charge in [-0.1, -0.05) is 40.2 Å². The van der Waals surface area contributed by atoms with Crippen LogP contribution in [0.15, 0.2) is 46.9 Å². The van der Waals surface area contributed by atoms with Gasteiger partial charge in [0.2, 0.25) is 0 Å². The van der Waals surface area contributed by atoms with Gasteiger partial charge in [0.05, 0.1) is 6.04 Å². The highest BCUT2D eigenvalue weighted by Gasteiger charge is 2.14. The van der Waals surface area contributed by atoms with Gasteiger partial charge in [0, 0.05) is 15.7 Å². The van der Waals surface area contributed by atoms with Crippen molar-refractivity contribution in [3.05, 3.63) is 58.1 Å². The van der Waals surface area contributed by atoms with Gasteiger partial charge in [-0.25, -0.2) is 0 Å². The molecule has 0 aliphatic carbocycles. The van der Waals surface area contributed by atoms with Crippen molar-refractivity contribution in [2.75, 3.05) is 5.32 Å². The fraction of sp³-hybridized carbons (Fsp3) is 0.250. The van der Waals surface area contributed by atoms with E-state index < -0.39 is 6.61 Å². The summed E-state index contributed by atoms with van der Waals surface area (Å²) in [6, 6.07) is 12.5. The maximum Gasteiger partial charge on any atom is 0.387 e. The lowest BCUT2D eigenvalue weighted by atomic mass is 10.1. The highest BCUT2D eigenvalue weighted by Crippen LogP contribution is 2.30. The predicted molar refractivity (Wildman–Crippen MR) is 84.0 cm³/mol. The van der Waals surface area contributed by atoms with Crippen molar-refractivity contribution in [3.63, 3.8) is 0 Å². The molecule has 0 saturated carbocycles. The molecule has 0 aliphatic heterocycles. The van der Waals surface area contributed by atoms with Crippen LogP contribution >= 0.6 is 15.9 Å². The average molecular weight is 356 g/mol. The molecular weight excluding hydrogens is 340 g/mol. The van der Waals surface area contributed by atoms with Crippen molar-refractivity contribution in [1.82, 2.24) is 0 Å². The summed E-state index contributed by atoms with van der Waals surface area (Å²) in [6.45, 7) is 1.08. The Balaban J connectivity index is 2.19. The summed E-state index contributed by atoms with van der Waals surface area (Å²) in [7, 11) is 0. The molecule has 2 rings (SSSR count). The van der Waals surface area contributed by atoms with E-state index >= 15 is 0 Å². The molecule has 0 fully saturated rings. The molecule has 0 aliphatic rings. The molecule has 0 amide bonds. The maximum atomic E-state index is 12.4. The number of hydrogen-bond acceptors (Lipinski definition) is 2. The average Bonchev–Trinajstić information content (AvgIpc) is 2.43. The van der Waals surface area contributed by atoms with Gasteiger partial charge in [-0.05, 0) is 37.6 Å². The van der Waals surface area contributed by atoms with E-state index in [0.717, 1.165) is 15.7 Å². The lowest BCUT2D eigenvalue weighted by molar-refractivity contribution is -0.0505. The van der Waals surface area contributed by atoms with Crippen LogP contribution in [0.1, 0.15) is 24.1 Å². The first kappa shape index (κ1) is 15.8. The van der Waals surface area contributed by atoms with E-state index in [1.165, 1.54) is 0 Å². The first-order chi connectivity index (χ1) is 9.97. The number of halogens is 3. The van der Waals surface area contributed by atoms with Gasteiger partial charge >= 0.3 is 6.61 Å². The Morgan fingerprint density at radius 3 is 2.52 bits per heavy atom. The Bertz CT molecular complexity index is 619. The second-order valence-electron chi connectivity index (χ2n) is 4.75. The molecular formula is C16H16BrF2NO. The van der Waals surface area contributed by atoms with E-state index in [1.807, 2.05) is 32.0 Å². The van der Waals surface area contributed by atoms with Gasteiger partial charge in [-0.3, -0.25) is 0 Å². The van der Waals surface area contributed by atoms with Gasteiger partial charge in [0.15, 0.2) is 0 Å². The molecule has 1 N–H and O–H groups in total. The van der Waals surface area contributed by atoms with Crippen molar-refractivity contribution < 1.29 is 13.5 Å². The summed E-state index contributed by atoms with van der Waals surface area (Å²) in [5, 5.41) is 3.28. The fourth-order valence-electron chi connectivity index (χ4n) is 2.05. The summed E-state index contributed by atoms with van der Waals surface area (Å²) in [5.41, 5.74) is 2.73. The van der Waals surface area contributed by atoms with E-state index in [2.05, 4.69) is 26.0 Å². The third-order valence-corrected chi connectivity index (χ3v) is 4.01. The van der Waals surface area contributed by atoms with Crippen LogP contribution in [0.3, 0.4) is 0 Å². The topological polar surface area (TPSA) is 21.3 Å². The Morgan fingerprint density at radius 1 is 1.14 bits per heavy atom. The number of hydrogen-bond donors (Lipinski definition) is 1. The van der Waals surface area contributed by atoms with E-state index in [-0.39, 0.29) is 11.8 Å². The van der Waals surface area contributed by atoms with E-state index in [9.17, 15) is 8.78 Å². The normalized spacial score (nSPS) is 12.3. The van der Waals surface area contributed by atoms with Crippen molar-refractivity contribution in [2.45, 2.75) is 26.5 Å². The number of rotatable bonds is 5. The summed E-state index contributed by atoms with van der Waals surface area (Å²) in [5.74, 6) is 0.193. The zero-order valence-corrected chi connectivity index (χ0v) is 13.3. The second-order valence-corrected chi connectivity index (χ2v) is 5.60. The number of anilines is 1. The molecule has 0 aromatic heterocycles. The van der Waals surface area contributed by atoms with Crippen LogP contribution in [0.2, 0.25) is 0 Å². The van der Waals surface area contributed by atoms with Crippen LogP contribution in [0.4, 0.5) is 14.5 Å². The van der Waals surface area contributed by atoms with Gasteiger partial charge < -0.3 is 10.1 Å². The van der Waals surface area contributed by atoms with Crippen molar-refractivity contribution >= 4 is 21.6 Å². The van der Waals surface area contributed by atoms with Crippen molar-refractivity contribution in [2.24, 2.45) is 0 Å². The SMILES string of the molecule is Cc1ccc(NC(C)c2ccccc2OC(F)F)cc1Br. The third kappa shape index (κ3) is 4.17. The van der Waals surface area contributed by atoms with Gasteiger partial charge in [0.25, 0.3) is 0 Å². The summed E-state index contributed by atoms with van der Waals surface area (Å²) in [4.78, 5) is 0. The molecule has 0 radical (unpaired) electrons. The minimum atomic E-state index is -2.83. The minimum absolute atomic E-state index is 0.158. The van der Waals surface area contributed by atoms with Crippen LogP contribution in [0, 0.1) is 6.92 Å². The number of benzene rings is 2. The van der Waals surface area contributed by atoms with Gasteiger partial charge in [-0.15, -0.1) is 0 Å². The van der Waals surface area contributed by atoms with E-state index in [1.54, 1.807) is 24.3 Å². The smallest absolute Gasteiger partial charge is 0.387 e. The molecule has 5 heteroatoms. The molecule has 1 atom stereocenters. The number of para-hydroxylation sites is 1. The maximum absolute atomic E-state index is 12.4. The monoisotopic (exact) mass is 355 g/mol. The lowest BCUT2D eigenvalue weighted by Gasteiger charge is -2.19. The fourth-order valence-corrected chi connectivity index (χ4v) is 2.43. The van der Waals surface area contributed by atoms with Gasteiger partial charge in [0.1, 0.15) is 5.75 Å². The molecule has 112 valence electrons. The minimum Gasteiger partial charge on any atom is -0.434 e. The third-order valence-electron chi connectivity index (χ3n) is 3.16. The quantitative estimate of drug-likeness (QED) is 0.760. The largest absolute Gasteiger partial charge is 0.434 e. The first-order valence-electron chi connectivity index (χ1n) is 6.54. The standard InChI is InChI=1S/C16H16BrF2NO/c1-10-7-8-12(9-14(10)17)20-11(2)13-5-3-4-6-15(13)21-16(18)19/h3-9,11,16,20H,1-2H3. The Morgan fingerprint density at radius 2 is 1.86 bits per heavy atom. The van der Waals surface area contributed by atoms with Crippen molar-refractivity contribution in [3.8, 4) is 5.75 Å². The Kier molecular flexibility index (Phi) is 5.17. The first-order valence-corrected chi connectivity index (χ1v) is 7.33. The molecule has 0 spiro atoms. The van der Waals surface area contributed by atoms with Gasteiger partial charge in [-0.2, -0.15) is 8.78 Å².